The second-order valence-corrected chi connectivity index (χ2v) is 11.3. The zero-order valence-electron chi connectivity index (χ0n) is 24.7. The Morgan fingerprint density at radius 2 is 1.76 bits per heavy atom. The number of benzene rings is 3. The fraction of sp³-hybridized carbons (Fsp3) is 0.273. The normalized spacial score (nSPS) is 12.0. The van der Waals surface area contributed by atoms with E-state index in [1.54, 1.807) is 29.6 Å². The summed E-state index contributed by atoms with van der Waals surface area (Å²) in [5.41, 5.74) is 1.87. The Kier molecular flexibility index (Phi) is 10.9. The van der Waals surface area contributed by atoms with Crippen LogP contribution in [0.2, 0.25) is 0 Å². The summed E-state index contributed by atoms with van der Waals surface area (Å²) in [6.07, 6.45) is -1.31. The molecular formula is C33H32F4N6OS. The molecule has 1 amide bonds. The quantitative estimate of drug-likeness (QED) is 0.144. The average Bonchev–Trinajstić information content (AvgIpc) is 3.43. The van der Waals surface area contributed by atoms with Gasteiger partial charge in [-0.2, -0.15) is 18.4 Å². The number of amides is 1. The minimum Gasteiger partial charge on any atom is -0.351 e. The van der Waals surface area contributed by atoms with Gasteiger partial charge in [0.2, 0.25) is 5.91 Å². The molecule has 1 aromatic heterocycles. The maximum absolute atomic E-state index is 13.9. The molecule has 1 heterocycles. The van der Waals surface area contributed by atoms with Gasteiger partial charge in [-0.25, -0.2) is 9.37 Å². The van der Waals surface area contributed by atoms with Gasteiger partial charge in [0.25, 0.3) is 0 Å². The monoisotopic (exact) mass is 636 g/mol. The lowest BCUT2D eigenvalue weighted by Gasteiger charge is -2.33. The topological polar surface area (TPSA) is 86.0 Å². The van der Waals surface area contributed by atoms with E-state index in [1.165, 1.54) is 42.5 Å². The number of hydrogen-bond donors (Lipinski definition) is 2. The van der Waals surface area contributed by atoms with Crippen LogP contribution in [-0.4, -0.2) is 38.1 Å². The minimum atomic E-state index is -4.57. The molecule has 0 spiro atoms. The second kappa shape index (κ2) is 14.8. The fourth-order valence-corrected chi connectivity index (χ4v) is 4.95. The number of hydrogen-bond acceptors (Lipinski definition) is 4. The molecule has 0 fully saturated rings. The third-order valence-electron chi connectivity index (χ3n) is 7.21. The Morgan fingerprint density at radius 1 is 1.07 bits per heavy atom. The standard InChI is InChI=1S/C33H32F4N6OS/c1-22(2)30(41-31(44)15-28-17-39-21-43(28)18-24-9-7-23(16-38)8-10-24)20-42(32(45)40-27-13-11-26(34)12-14-27)19-25-5-3-4-6-29(25)33(35,36)37/h3-14,17,21-22,30H,15,18-20H2,1-2H3,(H,40,45)(H,41,44)/t30-/m1/s1. The number of thiocarbonyl (C=S) groups is 1. The lowest BCUT2D eigenvalue weighted by molar-refractivity contribution is -0.138. The van der Waals surface area contributed by atoms with E-state index in [0.717, 1.165) is 11.6 Å². The molecule has 0 aliphatic carbocycles. The summed E-state index contributed by atoms with van der Waals surface area (Å²) in [6.45, 7) is 4.18. The number of carbonyl (C=O) groups is 1. The van der Waals surface area contributed by atoms with Crippen LogP contribution in [0.4, 0.5) is 23.2 Å². The molecule has 234 valence electrons. The van der Waals surface area contributed by atoms with Crippen LogP contribution < -0.4 is 10.6 Å². The molecule has 45 heavy (non-hydrogen) atoms. The van der Waals surface area contributed by atoms with Crippen molar-refractivity contribution in [3.63, 3.8) is 0 Å². The average molecular weight is 637 g/mol. The van der Waals surface area contributed by atoms with E-state index in [1.807, 2.05) is 30.5 Å². The first-order valence-corrected chi connectivity index (χ1v) is 14.6. The molecule has 0 saturated heterocycles. The van der Waals surface area contributed by atoms with Crippen molar-refractivity contribution in [1.82, 2.24) is 19.8 Å². The van der Waals surface area contributed by atoms with Crippen molar-refractivity contribution in [3.05, 3.63) is 119 Å². The Morgan fingerprint density at radius 3 is 2.40 bits per heavy atom. The lowest BCUT2D eigenvalue weighted by atomic mass is 10.0. The molecule has 2 N–H and O–H groups in total. The van der Waals surface area contributed by atoms with Gasteiger partial charge in [-0.15, -0.1) is 0 Å². The van der Waals surface area contributed by atoms with Gasteiger partial charge in [0.15, 0.2) is 5.11 Å². The Hall–Kier alpha value is -4.76. The van der Waals surface area contributed by atoms with Crippen LogP contribution in [0.3, 0.4) is 0 Å². The van der Waals surface area contributed by atoms with Crippen LogP contribution in [0.25, 0.3) is 0 Å². The predicted octanol–water partition coefficient (Wildman–Crippen LogP) is 6.54. The number of halogens is 4. The summed E-state index contributed by atoms with van der Waals surface area (Å²) >= 11 is 5.63. The van der Waals surface area contributed by atoms with Gasteiger partial charge in [0.1, 0.15) is 5.82 Å². The molecule has 4 rings (SSSR count). The molecule has 0 saturated carbocycles. The number of nitrogens with zero attached hydrogens (tertiary/aromatic N) is 4. The van der Waals surface area contributed by atoms with Crippen molar-refractivity contribution in [2.24, 2.45) is 5.92 Å². The maximum Gasteiger partial charge on any atom is 0.416 e. The van der Waals surface area contributed by atoms with Crippen molar-refractivity contribution in [3.8, 4) is 6.07 Å². The van der Waals surface area contributed by atoms with E-state index in [4.69, 9.17) is 17.5 Å². The van der Waals surface area contributed by atoms with Crippen molar-refractivity contribution in [2.75, 3.05) is 11.9 Å². The van der Waals surface area contributed by atoms with Crippen LogP contribution in [0, 0.1) is 23.1 Å². The maximum atomic E-state index is 13.9. The molecule has 0 radical (unpaired) electrons. The summed E-state index contributed by atoms with van der Waals surface area (Å²) in [5.74, 6) is -0.835. The van der Waals surface area contributed by atoms with Crippen LogP contribution >= 0.6 is 12.2 Å². The molecule has 12 heteroatoms. The molecule has 4 aromatic rings. The second-order valence-electron chi connectivity index (χ2n) is 10.9. The number of rotatable bonds is 11. The molecule has 0 bridgehead atoms. The fourth-order valence-electron chi connectivity index (χ4n) is 4.70. The molecule has 0 aliphatic rings. The first kappa shape index (κ1) is 33.1. The van der Waals surface area contributed by atoms with Crippen molar-refractivity contribution in [1.29, 1.82) is 5.26 Å². The smallest absolute Gasteiger partial charge is 0.351 e. The van der Waals surface area contributed by atoms with Gasteiger partial charge in [-0.05, 0) is 71.7 Å². The van der Waals surface area contributed by atoms with Gasteiger partial charge in [0, 0.05) is 43.3 Å². The lowest BCUT2D eigenvalue weighted by Crippen LogP contribution is -2.49. The number of nitrogens with one attached hydrogen (secondary N) is 2. The summed E-state index contributed by atoms with van der Waals surface area (Å²) in [7, 11) is 0. The minimum absolute atomic E-state index is 0.0220. The van der Waals surface area contributed by atoms with Crippen LogP contribution in [0.15, 0.2) is 85.3 Å². The van der Waals surface area contributed by atoms with Crippen LogP contribution in [0.1, 0.15) is 41.8 Å². The number of alkyl halides is 3. The van der Waals surface area contributed by atoms with Crippen molar-refractivity contribution >= 4 is 28.9 Å². The first-order chi connectivity index (χ1) is 21.4. The Labute approximate surface area is 264 Å². The molecule has 0 aliphatic heterocycles. The third kappa shape index (κ3) is 9.36. The first-order valence-electron chi connectivity index (χ1n) is 14.2. The van der Waals surface area contributed by atoms with Crippen molar-refractivity contribution in [2.45, 2.75) is 45.6 Å². The van der Waals surface area contributed by atoms with E-state index in [2.05, 4.69) is 21.7 Å². The Bertz CT molecular complexity index is 1650. The SMILES string of the molecule is CC(C)[C@@H](CN(Cc1ccccc1C(F)(F)F)C(=S)Nc1ccc(F)cc1)NC(=O)Cc1cncn1Cc1ccc(C#N)cc1. The highest BCUT2D eigenvalue weighted by atomic mass is 32.1. The predicted molar refractivity (Wildman–Crippen MR) is 167 cm³/mol. The van der Waals surface area contributed by atoms with Gasteiger partial charge < -0.3 is 20.1 Å². The van der Waals surface area contributed by atoms with Crippen molar-refractivity contribution < 1.29 is 22.4 Å². The van der Waals surface area contributed by atoms with Gasteiger partial charge >= 0.3 is 6.18 Å². The van der Waals surface area contributed by atoms with Gasteiger partial charge in [-0.3, -0.25) is 4.79 Å². The number of imidazole rings is 1. The zero-order valence-corrected chi connectivity index (χ0v) is 25.5. The van der Waals surface area contributed by atoms with E-state index in [9.17, 15) is 22.4 Å². The summed E-state index contributed by atoms with van der Waals surface area (Å²) < 4.78 is 56.9. The van der Waals surface area contributed by atoms with E-state index >= 15 is 0 Å². The molecule has 0 unspecified atom stereocenters. The highest BCUT2D eigenvalue weighted by Crippen LogP contribution is 2.32. The molecule has 1 atom stereocenters. The number of nitriles is 1. The van der Waals surface area contributed by atoms with Gasteiger partial charge in [0.05, 0.1) is 29.9 Å². The van der Waals surface area contributed by atoms with E-state index in [0.29, 0.717) is 23.5 Å². The summed E-state index contributed by atoms with van der Waals surface area (Å²) in [5, 5.41) is 15.2. The van der Waals surface area contributed by atoms with E-state index < -0.39 is 23.6 Å². The largest absolute Gasteiger partial charge is 0.416 e. The number of anilines is 1. The van der Waals surface area contributed by atoms with Crippen LogP contribution in [0.5, 0.6) is 0 Å². The zero-order chi connectivity index (χ0) is 32.6. The molecule has 3 aromatic carbocycles. The highest BCUT2D eigenvalue weighted by Gasteiger charge is 2.34. The third-order valence-corrected chi connectivity index (χ3v) is 7.57. The number of carbonyl (C=O) groups excluding carboxylic acids is 1. The molecular weight excluding hydrogens is 604 g/mol. The van der Waals surface area contributed by atoms with E-state index in [-0.39, 0.29) is 42.0 Å². The summed E-state index contributed by atoms with van der Waals surface area (Å²) in [6, 6.07) is 19.4. The molecule has 7 nitrogen and oxygen atoms in total. The Balaban J connectivity index is 1.51. The highest BCUT2D eigenvalue weighted by molar-refractivity contribution is 7.80. The van der Waals surface area contributed by atoms with Crippen LogP contribution in [-0.2, 0) is 30.5 Å². The van der Waals surface area contributed by atoms with Gasteiger partial charge in [-0.1, -0.05) is 44.2 Å². The summed E-state index contributed by atoms with van der Waals surface area (Å²) in [4.78, 5) is 19.1. The number of aromatic nitrogens is 2.